The normalized spacial score (nSPS) is 20.0. The highest BCUT2D eigenvalue weighted by Gasteiger charge is 2.33. The van der Waals surface area contributed by atoms with Crippen LogP contribution in [0.4, 0.5) is 14.9 Å². The van der Waals surface area contributed by atoms with Crippen LogP contribution in [-0.4, -0.2) is 52.7 Å². The van der Waals surface area contributed by atoms with E-state index in [9.17, 15) is 14.0 Å². The molecule has 2 aromatic rings. The van der Waals surface area contributed by atoms with Crippen molar-refractivity contribution < 1.29 is 18.7 Å². The summed E-state index contributed by atoms with van der Waals surface area (Å²) >= 11 is 0. The van der Waals surface area contributed by atoms with Gasteiger partial charge in [0, 0.05) is 33.0 Å². The number of nitrogens with one attached hydrogen (secondary N) is 2. The second kappa shape index (κ2) is 9.95. The van der Waals surface area contributed by atoms with Gasteiger partial charge in [-0.25, -0.2) is 9.18 Å². The maximum Gasteiger partial charge on any atom is 0.414 e. The van der Waals surface area contributed by atoms with Gasteiger partial charge in [-0.1, -0.05) is 24.3 Å². The summed E-state index contributed by atoms with van der Waals surface area (Å²) in [5.41, 5.74) is 3.04. The Labute approximate surface area is 191 Å². The van der Waals surface area contributed by atoms with E-state index in [1.807, 2.05) is 12.2 Å². The molecule has 1 aromatic heterocycles. The Morgan fingerprint density at radius 3 is 2.85 bits per heavy atom. The fraction of sp³-hybridized carbons (Fsp3) is 0.391. The first-order valence-corrected chi connectivity index (χ1v) is 10.8. The number of aromatic nitrogens is 3. The first-order valence-electron chi connectivity index (χ1n) is 10.8. The highest BCUT2D eigenvalue weighted by Crippen LogP contribution is 2.31. The van der Waals surface area contributed by atoms with E-state index in [4.69, 9.17) is 4.74 Å². The number of hydrogen-bond donors (Lipinski definition) is 2. The highest BCUT2D eigenvalue weighted by atomic mass is 19.1. The van der Waals surface area contributed by atoms with E-state index in [2.05, 4.69) is 26.9 Å². The molecule has 1 saturated heterocycles. The smallest absolute Gasteiger partial charge is 0.414 e. The number of cyclic esters (lactones) is 1. The maximum absolute atomic E-state index is 14.9. The van der Waals surface area contributed by atoms with Crippen LogP contribution in [0.15, 0.2) is 48.2 Å². The molecule has 1 aliphatic heterocycles. The van der Waals surface area contributed by atoms with Crippen molar-refractivity contribution in [2.45, 2.75) is 31.9 Å². The molecule has 1 fully saturated rings. The fourth-order valence-corrected chi connectivity index (χ4v) is 3.91. The summed E-state index contributed by atoms with van der Waals surface area (Å²) in [6.07, 6.45) is 7.53. The zero-order chi connectivity index (χ0) is 23.4. The van der Waals surface area contributed by atoms with Crippen molar-refractivity contribution in [3.8, 4) is 0 Å². The number of aryl methyl sites for hydroxylation is 1. The van der Waals surface area contributed by atoms with Crippen molar-refractivity contribution in [1.29, 1.82) is 0 Å². The van der Waals surface area contributed by atoms with Gasteiger partial charge in [-0.3, -0.25) is 9.69 Å². The predicted molar refractivity (Wildman–Crippen MR) is 120 cm³/mol. The number of anilines is 1. The molecule has 2 atom stereocenters. The van der Waals surface area contributed by atoms with Crippen LogP contribution < -0.4 is 15.5 Å². The lowest BCUT2D eigenvalue weighted by atomic mass is 9.89. The van der Waals surface area contributed by atoms with Gasteiger partial charge >= 0.3 is 6.09 Å². The van der Waals surface area contributed by atoms with Gasteiger partial charge in [0.25, 0.3) is 0 Å². The molecular weight excluding hydrogens is 427 g/mol. The van der Waals surface area contributed by atoms with E-state index < -0.39 is 12.2 Å². The number of carbonyl (C=O) groups is 2. The molecular formula is C23H27FN6O3. The van der Waals surface area contributed by atoms with E-state index in [1.54, 1.807) is 25.4 Å². The number of rotatable bonds is 8. The monoisotopic (exact) mass is 454 g/mol. The van der Waals surface area contributed by atoms with Crippen molar-refractivity contribution in [2.75, 3.05) is 24.5 Å². The van der Waals surface area contributed by atoms with Gasteiger partial charge < -0.3 is 15.4 Å². The molecule has 4 rings (SSSR count). The fourth-order valence-electron chi connectivity index (χ4n) is 3.91. The molecule has 1 aromatic carbocycles. The number of amides is 2. The SMILES string of the molecule is CC(=O)NC[C@H]1CN(c2ccc(C3C=CC(CNCc4cnn(C)n4)=CC3)c(F)c2)C(=O)O1. The average molecular weight is 455 g/mol. The molecule has 0 saturated carbocycles. The van der Waals surface area contributed by atoms with Crippen molar-refractivity contribution in [3.63, 3.8) is 0 Å². The summed E-state index contributed by atoms with van der Waals surface area (Å²) < 4.78 is 20.2. The van der Waals surface area contributed by atoms with Gasteiger partial charge in [-0.15, -0.1) is 0 Å². The molecule has 10 heteroatoms. The summed E-state index contributed by atoms with van der Waals surface area (Å²) in [7, 11) is 1.78. The van der Waals surface area contributed by atoms with Gasteiger partial charge in [-0.2, -0.15) is 15.0 Å². The summed E-state index contributed by atoms with van der Waals surface area (Å²) in [5, 5.41) is 14.2. The van der Waals surface area contributed by atoms with E-state index in [0.29, 0.717) is 30.8 Å². The third kappa shape index (κ3) is 5.64. The van der Waals surface area contributed by atoms with E-state index in [-0.39, 0.29) is 30.7 Å². The Morgan fingerprint density at radius 1 is 1.33 bits per heavy atom. The molecule has 0 spiro atoms. The van der Waals surface area contributed by atoms with Crippen LogP contribution >= 0.6 is 0 Å². The largest absolute Gasteiger partial charge is 0.442 e. The Kier molecular flexibility index (Phi) is 6.83. The minimum atomic E-state index is -0.545. The van der Waals surface area contributed by atoms with Crippen molar-refractivity contribution in [1.82, 2.24) is 25.6 Å². The molecule has 2 amide bonds. The van der Waals surface area contributed by atoms with Gasteiger partial charge in [0.15, 0.2) is 0 Å². The molecule has 2 N–H and O–H groups in total. The molecule has 2 aliphatic rings. The van der Waals surface area contributed by atoms with Crippen LogP contribution in [0.3, 0.4) is 0 Å². The summed E-state index contributed by atoms with van der Waals surface area (Å²) in [5.74, 6) is -0.627. The second-order valence-corrected chi connectivity index (χ2v) is 8.17. The number of allylic oxidation sites excluding steroid dienone is 2. The Morgan fingerprint density at radius 2 is 2.18 bits per heavy atom. The molecule has 2 heterocycles. The lowest BCUT2D eigenvalue weighted by molar-refractivity contribution is -0.119. The van der Waals surface area contributed by atoms with E-state index in [1.165, 1.54) is 22.7 Å². The first-order chi connectivity index (χ1) is 15.9. The van der Waals surface area contributed by atoms with Gasteiger partial charge in [0.2, 0.25) is 5.91 Å². The van der Waals surface area contributed by atoms with Crippen LogP contribution in [0.5, 0.6) is 0 Å². The second-order valence-electron chi connectivity index (χ2n) is 8.17. The van der Waals surface area contributed by atoms with Crippen LogP contribution in [0.25, 0.3) is 0 Å². The molecule has 0 radical (unpaired) electrons. The topological polar surface area (TPSA) is 101 Å². The van der Waals surface area contributed by atoms with Crippen LogP contribution in [0, 0.1) is 5.82 Å². The number of benzene rings is 1. The van der Waals surface area contributed by atoms with Crippen molar-refractivity contribution in [2.24, 2.45) is 7.05 Å². The third-order valence-corrected chi connectivity index (χ3v) is 5.61. The number of halogens is 1. The van der Waals surface area contributed by atoms with Crippen LogP contribution in [0.2, 0.25) is 0 Å². The summed E-state index contributed by atoms with van der Waals surface area (Å²) in [4.78, 5) is 26.2. The van der Waals surface area contributed by atoms with Crippen molar-refractivity contribution in [3.05, 3.63) is 65.3 Å². The molecule has 1 unspecified atom stereocenters. The summed E-state index contributed by atoms with van der Waals surface area (Å²) in [6, 6.07) is 4.82. The highest BCUT2D eigenvalue weighted by molar-refractivity contribution is 5.89. The lowest BCUT2D eigenvalue weighted by Gasteiger charge is -2.19. The number of nitrogens with zero attached hydrogens (tertiary/aromatic N) is 4. The molecule has 33 heavy (non-hydrogen) atoms. The van der Waals surface area contributed by atoms with E-state index in [0.717, 1.165) is 11.3 Å². The Balaban J connectivity index is 1.32. The van der Waals surface area contributed by atoms with Gasteiger partial charge in [0.05, 0.1) is 30.7 Å². The minimum Gasteiger partial charge on any atom is -0.442 e. The minimum absolute atomic E-state index is 0.0687. The van der Waals surface area contributed by atoms with Crippen molar-refractivity contribution >= 4 is 17.7 Å². The quantitative estimate of drug-likeness (QED) is 0.634. The van der Waals surface area contributed by atoms with Crippen LogP contribution in [-0.2, 0) is 23.1 Å². The number of carbonyl (C=O) groups excluding carboxylic acids is 2. The average Bonchev–Trinajstić information content (AvgIpc) is 3.38. The Bertz CT molecular complexity index is 1100. The van der Waals surface area contributed by atoms with Gasteiger partial charge in [-0.05, 0) is 29.7 Å². The standard InChI is InChI=1S/C23H27FN6O3/c1-15(31)26-13-20-14-30(23(32)33-20)19-7-8-21(22(24)9-19)17-5-3-16(4-6-17)10-25-11-18-12-27-29(2)28-18/h3-5,7-9,12,17,20,25H,6,10-11,13-14H2,1-2H3,(H,26,31)/t17?,20-/m0/s1. The number of hydrogen-bond acceptors (Lipinski definition) is 6. The maximum atomic E-state index is 14.9. The third-order valence-electron chi connectivity index (χ3n) is 5.61. The summed E-state index contributed by atoms with van der Waals surface area (Å²) in [6.45, 7) is 3.21. The predicted octanol–water partition coefficient (Wildman–Crippen LogP) is 2.18. The zero-order valence-electron chi connectivity index (χ0n) is 18.6. The first kappa shape index (κ1) is 22.7. The molecule has 9 nitrogen and oxygen atoms in total. The zero-order valence-corrected chi connectivity index (χ0v) is 18.6. The van der Waals surface area contributed by atoms with Crippen LogP contribution in [0.1, 0.15) is 30.5 Å². The molecule has 0 bridgehead atoms. The lowest BCUT2D eigenvalue weighted by Crippen LogP contribution is -2.33. The molecule has 1 aliphatic carbocycles. The van der Waals surface area contributed by atoms with Gasteiger partial charge in [0.1, 0.15) is 11.9 Å². The molecule has 174 valence electrons. The number of ether oxygens (including phenoxy) is 1. The van der Waals surface area contributed by atoms with E-state index >= 15 is 0 Å². The Hall–Kier alpha value is -3.53.